The fourth-order valence-corrected chi connectivity index (χ4v) is 1.75. The fraction of sp³-hybridized carbons (Fsp3) is 0.769. The van der Waals surface area contributed by atoms with Gasteiger partial charge in [-0.15, -0.1) is 0 Å². The third-order valence-corrected chi connectivity index (χ3v) is 2.63. The lowest BCUT2D eigenvalue weighted by molar-refractivity contribution is -0.156. The molecule has 0 aliphatic carbocycles. The maximum atomic E-state index is 11.7. The summed E-state index contributed by atoms with van der Waals surface area (Å²) in [6.07, 6.45) is 0.679. The van der Waals surface area contributed by atoms with E-state index < -0.39 is 29.7 Å². The maximum Gasteiger partial charge on any atom is 0.417 e. The van der Waals surface area contributed by atoms with Gasteiger partial charge in [-0.3, -0.25) is 9.69 Å². The van der Waals surface area contributed by atoms with Gasteiger partial charge in [0.1, 0.15) is 18.2 Å². The second-order valence-electron chi connectivity index (χ2n) is 5.78. The van der Waals surface area contributed by atoms with Crippen molar-refractivity contribution < 1.29 is 23.9 Å². The van der Waals surface area contributed by atoms with Gasteiger partial charge in [0.15, 0.2) is 0 Å². The number of hydrogen-bond acceptors (Lipinski definition) is 6. The summed E-state index contributed by atoms with van der Waals surface area (Å²) >= 11 is 0. The van der Waals surface area contributed by atoms with E-state index in [1.807, 2.05) is 0 Å². The Labute approximate surface area is 118 Å². The standard InChI is InChI=1S/C13H22N2O5/c1-13(2,3)20-10(16)8-15(4)12(18)19-11(17)9-6-5-7-14-9/h9,14H,5-8H2,1-4H3/t9-/m0/s1. The molecule has 1 fully saturated rings. The molecule has 1 N–H and O–H groups in total. The van der Waals surface area contributed by atoms with Gasteiger partial charge in [-0.1, -0.05) is 0 Å². The number of amides is 1. The van der Waals surface area contributed by atoms with Crippen LogP contribution in [-0.4, -0.2) is 54.7 Å². The molecule has 0 radical (unpaired) electrons. The molecule has 1 heterocycles. The molecular formula is C13H22N2O5. The minimum Gasteiger partial charge on any atom is -0.459 e. The Hall–Kier alpha value is -1.63. The molecule has 1 saturated heterocycles. The molecule has 0 aromatic rings. The average molecular weight is 286 g/mol. The van der Waals surface area contributed by atoms with Crippen LogP contribution in [0.2, 0.25) is 0 Å². The van der Waals surface area contributed by atoms with Gasteiger partial charge in [0.25, 0.3) is 0 Å². The highest BCUT2D eigenvalue weighted by molar-refractivity contribution is 5.89. The van der Waals surface area contributed by atoms with Crippen molar-refractivity contribution in [2.75, 3.05) is 20.1 Å². The second kappa shape index (κ2) is 6.69. The molecule has 0 bridgehead atoms. The average Bonchev–Trinajstić information content (AvgIpc) is 2.79. The molecule has 1 aliphatic rings. The van der Waals surface area contributed by atoms with Gasteiger partial charge in [-0.25, -0.2) is 9.59 Å². The minimum absolute atomic E-state index is 0.262. The Morgan fingerprint density at radius 3 is 2.45 bits per heavy atom. The first-order chi connectivity index (χ1) is 9.19. The smallest absolute Gasteiger partial charge is 0.417 e. The largest absolute Gasteiger partial charge is 0.459 e. The van der Waals surface area contributed by atoms with Crippen LogP contribution in [0.4, 0.5) is 4.79 Å². The van der Waals surface area contributed by atoms with Crippen LogP contribution in [0.25, 0.3) is 0 Å². The van der Waals surface area contributed by atoms with Crippen LogP contribution in [0.1, 0.15) is 33.6 Å². The molecule has 7 nitrogen and oxygen atoms in total. The fourth-order valence-electron chi connectivity index (χ4n) is 1.75. The molecule has 0 spiro atoms. The lowest BCUT2D eigenvalue weighted by atomic mass is 10.2. The van der Waals surface area contributed by atoms with Gasteiger partial charge in [0.2, 0.25) is 0 Å². The monoisotopic (exact) mass is 286 g/mol. The van der Waals surface area contributed by atoms with E-state index in [0.717, 1.165) is 17.9 Å². The van der Waals surface area contributed by atoms with Gasteiger partial charge in [0.05, 0.1) is 0 Å². The van der Waals surface area contributed by atoms with Crippen LogP contribution in [0, 0.1) is 0 Å². The quantitative estimate of drug-likeness (QED) is 0.606. The van der Waals surface area contributed by atoms with Gasteiger partial charge < -0.3 is 14.8 Å². The van der Waals surface area contributed by atoms with E-state index in [1.54, 1.807) is 20.8 Å². The summed E-state index contributed by atoms with van der Waals surface area (Å²) in [5, 5.41) is 2.94. The van der Waals surface area contributed by atoms with E-state index in [9.17, 15) is 14.4 Å². The maximum absolute atomic E-state index is 11.7. The summed E-state index contributed by atoms with van der Waals surface area (Å²) in [4.78, 5) is 35.8. The molecule has 1 amide bonds. The summed E-state index contributed by atoms with van der Waals surface area (Å²) in [5.41, 5.74) is -0.620. The van der Waals surface area contributed by atoms with E-state index in [2.05, 4.69) is 5.32 Å². The number of hydrogen-bond donors (Lipinski definition) is 1. The van der Waals surface area contributed by atoms with Crippen molar-refractivity contribution in [2.24, 2.45) is 0 Å². The van der Waals surface area contributed by atoms with E-state index in [-0.39, 0.29) is 6.54 Å². The normalized spacial score (nSPS) is 18.5. The Kier molecular flexibility index (Phi) is 5.50. The number of esters is 2. The van der Waals surface area contributed by atoms with E-state index >= 15 is 0 Å². The number of rotatable bonds is 3. The molecular weight excluding hydrogens is 264 g/mol. The zero-order valence-electron chi connectivity index (χ0n) is 12.4. The molecule has 20 heavy (non-hydrogen) atoms. The molecule has 114 valence electrons. The summed E-state index contributed by atoms with van der Waals surface area (Å²) in [7, 11) is 1.38. The highest BCUT2D eigenvalue weighted by Gasteiger charge is 2.28. The first-order valence-corrected chi connectivity index (χ1v) is 6.61. The van der Waals surface area contributed by atoms with Crippen molar-refractivity contribution in [3.8, 4) is 0 Å². The summed E-state index contributed by atoms with van der Waals surface area (Å²) in [6, 6.07) is -0.436. The molecule has 0 unspecified atom stereocenters. The summed E-state index contributed by atoms with van der Waals surface area (Å²) < 4.78 is 9.78. The Morgan fingerprint density at radius 2 is 1.95 bits per heavy atom. The minimum atomic E-state index is -0.852. The molecule has 7 heteroatoms. The summed E-state index contributed by atoms with van der Waals surface area (Å²) in [6.45, 7) is 5.68. The third-order valence-electron chi connectivity index (χ3n) is 2.63. The zero-order valence-corrected chi connectivity index (χ0v) is 12.4. The zero-order chi connectivity index (χ0) is 15.3. The van der Waals surface area contributed by atoms with Crippen molar-refractivity contribution in [2.45, 2.75) is 45.3 Å². The number of carbonyl (C=O) groups excluding carboxylic acids is 3. The Morgan fingerprint density at radius 1 is 1.30 bits per heavy atom. The van der Waals surface area contributed by atoms with Crippen molar-refractivity contribution in [1.82, 2.24) is 10.2 Å². The topological polar surface area (TPSA) is 84.9 Å². The number of carbonyl (C=O) groups is 3. The van der Waals surface area contributed by atoms with Crippen molar-refractivity contribution in [3.05, 3.63) is 0 Å². The van der Waals surface area contributed by atoms with Gasteiger partial charge >= 0.3 is 18.0 Å². The van der Waals surface area contributed by atoms with Crippen molar-refractivity contribution >= 4 is 18.0 Å². The Bertz CT molecular complexity index is 383. The van der Waals surface area contributed by atoms with Gasteiger partial charge in [0, 0.05) is 7.05 Å². The third kappa shape index (κ3) is 5.56. The Balaban J connectivity index is 2.38. The highest BCUT2D eigenvalue weighted by Crippen LogP contribution is 2.09. The first-order valence-electron chi connectivity index (χ1n) is 6.61. The molecule has 0 aromatic carbocycles. The number of nitrogens with one attached hydrogen (secondary N) is 1. The first kappa shape index (κ1) is 16.4. The van der Waals surface area contributed by atoms with Crippen LogP contribution in [-0.2, 0) is 19.1 Å². The molecule has 1 rings (SSSR count). The van der Waals surface area contributed by atoms with Crippen LogP contribution in [0.15, 0.2) is 0 Å². The molecule has 0 aromatic heterocycles. The van der Waals surface area contributed by atoms with Crippen LogP contribution in [0.3, 0.4) is 0 Å². The van der Waals surface area contributed by atoms with Crippen molar-refractivity contribution in [1.29, 1.82) is 0 Å². The molecule has 1 atom stereocenters. The second-order valence-corrected chi connectivity index (χ2v) is 5.78. The van der Waals surface area contributed by atoms with Crippen LogP contribution >= 0.6 is 0 Å². The van der Waals surface area contributed by atoms with Crippen LogP contribution < -0.4 is 5.32 Å². The number of likely N-dealkylation sites (N-methyl/N-ethyl adjacent to an activating group) is 1. The summed E-state index contributed by atoms with van der Waals surface area (Å²) in [5.74, 6) is -1.16. The number of nitrogens with zero attached hydrogens (tertiary/aromatic N) is 1. The van der Waals surface area contributed by atoms with Gasteiger partial charge in [-0.2, -0.15) is 0 Å². The van der Waals surface area contributed by atoms with E-state index in [0.29, 0.717) is 6.42 Å². The van der Waals surface area contributed by atoms with Crippen LogP contribution in [0.5, 0.6) is 0 Å². The lowest BCUT2D eigenvalue weighted by Gasteiger charge is -2.22. The highest BCUT2D eigenvalue weighted by atomic mass is 16.6. The predicted octanol–water partition coefficient (Wildman–Crippen LogP) is 0.675. The van der Waals surface area contributed by atoms with Gasteiger partial charge in [-0.05, 0) is 40.2 Å². The van der Waals surface area contributed by atoms with E-state index in [4.69, 9.17) is 9.47 Å². The predicted molar refractivity (Wildman–Crippen MR) is 71.0 cm³/mol. The van der Waals surface area contributed by atoms with Crippen molar-refractivity contribution in [3.63, 3.8) is 0 Å². The lowest BCUT2D eigenvalue weighted by Crippen LogP contribution is -2.40. The number of ether oxygens (including phenoxy) is 2. The van der Waals surface area contributed by atoms with E-state index in [1.165, 1.54) is 7.05 Å². The molecule has 1 aliphatic heterocycles. The SMILES string of the molecule is CN(CC(=O)OC(C)(C)C)C(=O)OC(=O)[C@@H]1CCCN1. The molecule has 0 saturated carbocycles.